The van der Waals surface area contributed by atoms with Crippen LogP contribution < -0.4 is 10.5 Å². The lowest BCUT2D eigenvalue weighted by Crippen LogP contribution is -2.40. The third-order valence-electron chi connectivity index (χ3n) is 6.16. The van der Waals surface area contributed by atoms with Crippen molar-refractivity contribution in [2.75, 3.05) is 24.5 Å². The van der Waals surface area contributed by atoms with Gasteiger partial charge in [-0.3, -0.25) is 14.2 Å². The standard InChI is InChI=1S/C24H28N4O4S/c1-4-26(5-2)33(31,32)19-12-13-22-18(15-19)9-8-14-27(22)23(29)16-28-17(3)25-21-11-7-6-10-20(21)24(28)30/h6-7,10-13,15H,4-5,8-9,14,16H2,1-3H3. The molecule has 1 aromatic heterocycles. The van der Waals surface area contributed by atoms with E-state index in [4.69, 9.17) is 0 Å². The van der Waals surface area contributed by atoms with Crippen molar-refractivity contribution >= 4 is 32.5 Å². The van der Waals surface area contributed by atoms with Gasteiger partial charge in [0.05, 0.1) is 15.8 Å². The van der Waals surface area contributed by atoms with Gasteiger partial charge in [0, 0.05) is 25.3 Å². The maximum Gasteiger partial charge on any atom is 0.261 e. The molecule has 0 saturated heterocycles. The van der Waals surface area contributed by atoms with E-state index in [1.165, 1.54) is 8.87 Å². The number of fused-ring (bicyclic) bond motifs is 2. The second-order valence-electron chi connectivity index (χ2n) is 8.10. The Morgan fingerprint density at radius 2 is 1.85 bits per heavy atom. The Balaban J connectivity index is 1.66. The molecule has 1 aliphatic rings. The lowest BCUT2D eigenvalue weighted by atomic mass is 10.0. The van der Waals surface area contributed by atoms with Gasteiger partial charge in [-0.25, -0.2) is 13.4 Å². The minimum atomic E-state index is -3.58. The molecular formula is C24H28N4O4S. The predicted octanol–water partition coefficient (Wildman–Crippen LogP) is 2.71. The molecule has 0 atom stereocenters. The molecule has 0 unspecified atom stereocenters. The third kappa shape index (κ3) is 4.18. The third-order valence-corrected chi connectivity index (χ3v) is 8.21. The number of aryl methyl sites for hydroxylation is 2. The molecule has 0 saturated carbocycles. The Morgan fingerprint density at radius 3 is 2.58 bits per heavy atom. The van der Waals surface area contributed by atoms with Crippen molar-refractivity contribution in [2.45, 2.75) is 45.1 Å². The van der Waals surface area contributed by atoms with Gasteiger partial charge in [0.1, 0.15) is 12.4 Å². The van der Waals surface area contributed by atoms with Crippen LogP contribution in [0.2, 0.25) is 0 Å². The highest BCUT2D eigenvalue weighted by atomic mass is 32.2. The normalized spacial score (nSPS) is 14.0. The number of nitrogens with zero attached hydrogens (tertiary/aromatic N) is 4. The average molecular weight is 469 g/mol. The Morgan fingerprint density at radius 1 is 1.12 bits per heavy atom. The van der Waals surface area contributed by atoms with Crippen LogP contribution in [0.3, 0.4) is 0 Å². The van der Waals surface area contributed by atoms with Crippen molar-refractivity contribution in [2.24, 2.45) is 0 Å². The molecule has 2 aromatic carbocycles. The van der Waals surface area contributed by atoms with E-state index in [1.807, 2.05) is 19.9 Å². The maximum absolute atomic E-state index is 13.3. The summed E-state index contributed by atoms with van der Waals surface area (Å²) >= 11 is 0. The number of benzene rings is 2. The van der Waals surface area contributed by atoms with E-state index in [-0.39, 0.29) is 22.9 Å². The zero-order valence-electron chi connectivity index (χ0n) is 19.1. The fourth-order valence-corrected chi connectivity index (χ4v) is 5.90. The summed E-state index contributed by atoms with van der Waals surface area (Å²) in [5.74, 6) is 0.252. The highest BCUT2D eigenvalue weighted by Gasteiger charge is 2.27. The summed E-state index contributed by atoms with van der Waals surface area (Å²) in [5, 5.41) is 0.473. The number of aromatic nitrogens is 2. The first-order chi connectivity index (χ1) is 15.8. The lowest BCUT2D eigenvalue weighted by molar-refractivity contribution is -0.119. The number of carbonyl (C=O) groups excluding carboxylic acids is 1. The second-order valence-corrected chi connectivity index (χ2v) is 10.0. The van der Waals surface area contributed by atoms with E-state index in [0.717, 1.165) is 12.0 Å². The lowest BCUT2D eigenvalue weighted by Gasteiger charge is -2.30. The van der Waals surface area contributed by atoms with Crippen LogP contribution in [0.1, 0.15) is 31.7 Å². The molecule has 4 rings (SSSR count). The first kappa shape index (κ1) is 23.1. The molecule has 3 aromatic rings. The van der Waals surface area contributed by atoms with Crippen LogP contribution in [0.25, 0.3) is 10.9 Å². The fourth-order valence-electron chi connectivity index (χ4n) is 4.39. The van der Waals surface area contributed by atoms with Crippen molar-refractivity contribution in [3.63, 3.8) is 0 Å². The number of hydrogen-bond acceptors (Lipinski definition) is 5. The Hall–Kier alpha value is -3.04. The minimum absolute atomic E-state index is 0.124. The van der Waals surface area contributed by atoms with Gasteiger partial charge in [-0.05, 0) is 55.7 Å². The molecule has 2 heterocycles. The van der Waals surface area contributed by atoms with Crippen LogP contribution in [0.4, 0.5) is 5.69 Å². The van der Waals surface area contributed by atoms with E-state index in [1.54, 1.807) is 48.2 Å². The van der Waals surface area contributed by atoms with Crippen LogP contribution >= 0.6 is 0 Å². The van der Waals surface area contributed by atoms with Crippen molar-refractivity contribution in [3.05, 3.63) is 64.2 Å². The molecule has 0 fully saturated rings. The molecule has 0 aliphatic carbocycles. The van der Waals surface area contributed by atoms with Gasteiger partial charge in [-0.1, -0.05) is 26.0 Å². The summed E-state index contributed by atoms with van der Waals surface area (Å²) in [4.78, 5) is 32.6. The number of sulfonamides is 1. The molecule has 0 radical (unpaired) electrons. The first-order valence-electron chi connectivity index (χ1n) is 11.2. The van der Waals surface area contributed by atoms with Crippen molar-refractivity contribution < 1.29 is 13.2 Å². The number of amides is 1. The molecule has 0 N–H and O–H groups in total. The molecular weight excluding hydrogens is 440 g/mol. The fraction of sp³-hybridized carbons (Fsp3) is 0.375. The van der Waals surface area contributed by atoms with Gasteiger partial charge in [-0.2, -0.15) is 4.31 Å². The van der Waals surface area contributed by atoms with E-state index in [2.05, 4.69) is 4.98 Å². The first-order valence-corrected chi connectivity index (χ1v) is 12.6. The molecule has 0 spiro atoms. The Labute approximate surface area is 193 Å². The SMILES string of the molecule is CCN(CC)S(=O)(=O)c1ccc2c(c1)CCCN2C(=O)Cn1c(C)nc2ccccc2c1=O. The van der Waals surface area contributed by atoms with Gasteiger partial charge < -0.3 is 4.90 Å². The van der Waals surface area contributed by atoms with Crippen molar-refractivity contribution in [1.29, 1.82) is 0 Å². The van der Waals surface area contributed by atoms with Crippen LogP contribution in [0, 0.1) is 6.92 Å². The highest BCUT2D eigenvalue weighted by molar-refractivity contribution is 7.89. The summed E-state index contributed by atoms with van der Waals surface area (Å²) in [6, 6.07) is 12.0. The molecule has 8 nitrogen and oxygen atoms in total. The molecule has 0 bridgehead atoms. The second kappa shape index (κ2) is 9.07. The van der Waals surface area contributed by atoms with Gasteiger partial charge >= 0.3 is 0 Å². The summed E-state index contributed by atoms with van der Waals surface area (Å²) in [7, 11) is -3.58. The average Bonchev–Trinajstić information content (AvgIpc) is 2.81. The van der Waals surface area contributed by atoms with Gasteiger partial charge in [0.2, 0.25) is 15.9 Å². The quantitative estimate of drug-likeness (QED) is 0.555. The maximum atomic E-state index is 13.3. The van der Waals surface area contributed by atoms with Crippen LogP contribution in [0.15, 0.2) is 52.2 Å². The van der Waals surface area contributed by atoms with Gasteiger partial charge in [-0.15, -0.1) is 0 Å². The van der Waals surface area contributed by atoms with E-state index in [9.17, 15) is 18.0 Å². The largest absolute Gasteiger partial charge is 0.311 e. The van der Waals surface area contributed by atoms with E-state index < -0.39 is 10.0 Å². The minimum Gasteiger partial charge on any atom is -0.311 e. The van der Waals surface area contributed by atoms with E-state index >= 15 is 0 Å². The molecule has 33 heavy (non-hydrogen) atoms. The summed E-state index contributed by atoms with van der Waals surface area (Å²) in [6.45, 7) is 6.53. The monoisotopic (exact) mass is 468 g/mol. The molecule has 1 aliphatic heterocycles. The predicted molar refractivity (Wildman–Crippen MR) is 128 cm³/mol. The molecule has 1 amide bonds. The molecule has 174 valence electrons. The zero-order chi connectivity index (χ0) is 23.8. The number of carbonyl (C=O) groups is 1. The van der Waals surface area contributed by atoms with Crippen LogP contribution in [-0.4, -0.2) is 47.8 Å². The van der Waals surface area contributed by atoms with E-state index in [0.29, 0.717) is 48.5 Å². The smallest absolute Gasteiger partial charge is 0.261 e. The van der Waals surface area contributed by atoms with Gasteiger partial charge in [0.25, 0.3) is 5.56 Å². The number of hydrogen-bond donors (Lipinski definition) is 0. The van der Waals surface area contributed by atoms with Gasteiger partial charge in [0.15, 0.2) is 0 Å². The summed E-state index contributed by atoms with van der Waals surface area (Å²) < 4.78 is 28.7. The highest BCUT2D eigenvalue weighted by Crippen LogP contribution is 2.30. The molecule has 9 heteroatoms. The number of rotatable bonds is 6. The topological polar surface area (TPSA) is 92.6 Å². The summed E-state index contributed by atoms with van der Waals surface area (Å²) in [6.07, 6.45) is 1.41. The Kier molecular flexibility index (Phi) is 6.36. The zero-order valence-corrected chi connectivity index (χ0v) is 19.9. The number of para-hydroxylation sites is 1. The number of anilines is 1. The van der Waals surface area contributed by atoms with Crippen LogP contribution in [0.5, 0.6) is 0 Å². The summed E-state index contributed by atoms with van der Waals surface area (Å²) in [5.41, 5.74) is 1.88. The van der Waals surface area contributed by atoms with Crippen molar-refractivity contribution in [1.82, 2.24) is 13.9 Å². The Bertz CT molecular complexity index is 1380. The van der Waals surface area contributed by atoms with Crippen molar-refractivity contribution in [3.8, 4) is 0 Å². The van der Waals surface area contributed by atoms with Crippen LogP contribution in [-0.2, 0) is 27.8 Å².